The predicted molar refractivity (Wildman–Crippen MR) is 232 cm³/mol. The highest BCUT2D eigenvalue weighted by molar-refractivity contribution is 6.22. The standard InChI is InChI=1S/C48H50N8/c1-3-5-7-9-11-13-31-55-45-37-21-17-29-51-41(37)39-35(19-15-27-49-39)43(45)53-47(55)33-23-25-34(26-24-33)48-54-44-36-20-16-28-50-40(36)42-38(22-18-30-52-42)46(44)56(48)32-14-12-10-8-6-4-2/h15-30H,3-14,31-32H2,1-2H3. The summed E-state index contributed by atoms with van der Waals surface area (Å²) in [5.74, 6) is 1.97. The van der Waals surface area contributed by atoms with Gasteiger partial charge in [0.1, 0.15) is 11.6 Å². The van der Waals surface area contributed by atoms with Crippen molar-refractivity contribution >= 4 is 65.7 Å². The summed E-state index contributed by atoms with van der Waals surface area (Å²) in [5, 5.41) is 4.28. The topological polar surface area (TPSA) is 87.2 Å². The van der Waals surface area contributed by atoms with Crippen molar-refractivity contribution in [1.82, 2.24) is 39.0 Å². The van der Waals surface area contributed by atoms with E-state index in [4.69, 9.17) is 29.9 Å². The van der Waals surface area contributed by atoms with Gasteiger partial charge in [0.25, 0.3) is 0 Å². The first-order chi connectivity index (χ1) is 27.8. The van der Waals surface area contributed by atoms with Crippen molar-refractivity contribution in [1.29, 1.82) is 0 Å². The second-order valence-corrected chi connectivity index (χ2v) is 15.3. The van der Waals surface area contributed by atoms with Crippen LogP contribution in [0, 0.1) is 0 Å². The fraction of sp³-hybridized carbons (Fsp3) is 0.333. The van der Waals surface area contributed by atoms with Gasteiger partial charge in [0, 0.05) is 70.5 Å². The molecule has 3 aromatic carbocycles. The number of hydrogen-bond acceptors (Lipinski definition) is 6. The number of nitrogens with zero attached hydrogens (tertiary/aromatic N) is 8. The number of imidazole rings is 2. The van der Waals surface area contributed by atoms with E-state index < -0.39 is 0 Å². The highest BCUT2D eigenvalue weighted by Crippen LogP contribution is 2.39. The van der Waals surface area contributed by atoms with E-state index in [0.29, 0.717) is 0 Å². The zero-order valence-electron chi connectivity index (χ0n) is 32.7. The quantitative estimate of drug-likeness (QED) is 0.0724. The van der Waals surface area contributed by atoms with Gasteiger partial charge in [-0.3, -0.25) is 19.9 Å². The molecule has 0 spiro atoms. The highest BCUT2D eigenvalue weighted by Gasteiger charge is 2.22. The normalized spacial score (nSPS) is 12.0. The molecule has 0 unspecified atom stereocenters. The summed E-state index contributed by atoms with van der Waals surface area (Å²) in [4.78, 5) is 30.2. The second-order valence-electron chi connectivity index (χ2n) is 15.3. The fourth-order valence-corrected chi connectivity index (χ4v) is 8.71. The smallest absolute Gasteiger partial charge is 0.141 e. The first-order valence-corrected chi connectivity index (χ1v) is 20.9. The van der Waals surface area contributed by atoms with Crippen LogP contribution in [-0.4, -0.2) is 39.0 Å². The fourth-order valence-electron chi connectivity index (χ4n) is 8.71. The SMILES string of the molecule is CCCCCCCCn1c(-c2ccc(-c3nc4c5cccnc5c5ncccc5c4n3CCCCCCCC)cc2)nc2c3cccnc3c3ncccc3c21. The Balaban J connectivity index is 1.17. The van der Waals surface area contributed by atoms with Gasteiger partial charge < -0.3 is 9.13 Å². The largest absolute Gasteiger partial charge is 0.323 e. The maximum Gasteiger partial charge on any atom is 0.141 e. The van der Waals surface area contributed by atoms with E-state index in [-0.39, 0.29) is 0 Å². The Morgan fingerprint density at radius 2 is 0.714 bits per heavy atom. The molecule has 9 aromatic rings. The number of unbranched alkanes of at least 4 members (excludes halogenated alkanes) is 10. The van der Waals surface area contributed by atoms with Gasteiger partial charge in [0.15, 0.2) is 0 Å². The number of hydrogen-bond donors (Lipinski definition) is 0. The van der Waals surface area contributed by atoms with E-state index in [0.717, 1.165) is 114 Å². The zero-order valence-corrected chi connectivity index (χ0v) is 32.7. The lowest BCUT2D eigenvalue weighted by molar-refractivity contribution is 0.566. The molecule has 8 nitrogen and oxygen atoms in total. The summed E-state index contributed by atoms with van der Waals surface area (Å²) in [5.41, 5.74) is 10.1. The van der Waals surface area contributed by atoms with Crippen molar-refractivity contribution in [2.45, 2.75) is 104 Å². The van der Waals surface area contributed by atoms with E-state index in [1.54, 1.807) is 0 Å². The van der Waals surface area contributed by atoms with E-state index in [9.17, 15) is 0 Å². The molecular weight excluding hydrogens is 689 g/mol. The van der Waals surface area contributed by atoms with Gasteiger partial charge in [0.05, 0.1) is 44.1 Å². The van der Waals surface area contributed by atoms with E-state index in [1.807, 2.05) is 49.1 Å². The molecule has 0 saturated heterocycles. The summed E-state index contributed by atoms with van der Waals surface area (Å²) >= 11 is 0. The van der Waals surface area contributed by atoms with E-state index in [2.05, 4.69) is 71.5 Å². The maximum atomic E-state index is 5.44. The zero-order chi connectivity index (χ0) is 37.8. The number of aryl methyl sites for hydroxylation is 2. The maximum absolute atomic E-state index is 5.44. The lowest BCUT2D eigenvalue weighted by Crippen LogP contribution is -2.03. The van der Waals surface area contributed by atoms with E-state index in [1.165, 1.54) is 64.2 Å². The van der Waals surface area contributed by atoms with Crippen LogP contribution in [0.2, 0.25) is 0 Å². The molecular formula is C48H50N8. The molecule has 0 N–H and O–H groups in total. The summed E-state index contributed by atoms with van der Waals surface area (Å²) in [7, 11) is 0. The van der Waals surface area contributed by atoms with Crippen LogP contribution in [0.3, 0.4) is 0 Å². The molecule has 0 aliphatic carbocycles. The van der Waals surface area contributed by atoms with Gasteiger partial charge in [-0.1, -0.05) is 102 Å². The average Bonchev–Trinajstić information content (AvgIpc) is 3.83. The van der Waals surface area contributed by atoms with Crippen LogP contribution >= 0.6 is 0 Å². The number of benzene rings is 3. The van der Waals surface area contributed by atoms with Crippen LogP contribution < -0.4 is 0 Å². The first-order valence-electron chi connectivity index (χ1n) is 20.9. The van der Waals surface area contributed by atoms with Crippen molar-refractivity contribution in [3.8, 4) is 22.8 Å². The minimum absolute atomic E-state index is 0.895. The molecule has 0 fully saturated rings. The summed E-state index contributed by atoms with van der Waals surface area (Å²) in [6, 6.07) is 25.7. The molecule has 8 heteroatoms. The Morgan fingerprint density at radius 3 is 1.11 bits per heavy atom. The summed E-state index contributed by atoms with van der Waals surface area (Å²) in [6.45, 7) is 6.34. The number of aromatic nitrogens is 8. The van der Waals surface area contributed by atoms with Gasteiger partial charge >= 0.3 is 0 Å². The minimum Gasteiger partial charge on any atom is -0.323 e. The Labute approximate surface area is 328 Å². The predicted octanol–water partition coefficient (Wildman–Crippen LogP) is 12.6. The van der Waals surface area contributed by atoms with Crippen molar-refractivity contribution < 1.29 is 0 Å². The molecule has 0 saturated carbocycles. The molecule has 0 aliphatic rings. The lowest BCUT2D eigenvalue weighted by atomic mass is 10.1. The molecule has 6 aromatic heterocycles. The third-order valence-corrected chi connectivity index (χ3v) is 11.5. The monoisotopic (exact) mass is 738 g/mol. The average molecular weight is 739 g/mol. The molecule has 282 valence electrons. The van der Waals surface area contributed by atoms with Gasteiger partial charge in [0.2, 0.25) is 0 Å². The summed E-state index contributed by atoms with van der Waals surface area (Å²) < 4.78 is 4.90. The van der Waals surface area contributed by atoms with Gasteiger partial charge in [-0.25, -0.2) is 9.97 Å². The van der Waals surface area contributed by atoms with Crippen LogP contribution in [0.4, 0.5) is 0 Å². The Kier molecular flexibility index (Phi) is 10.4. The number of fused-ring (bicyclic) bond motifs is 12. The van der Waals surface area contributed by atoms with Crippen molar-refractivity contribution in [3.05, 3.63) is 97.6 Å². The van der Waals surface area contributed by atoms with Gasteiger partial charge in [-0.2, -0.15) is 0 Å². The van der Waals surface area contributed by atoms with Crippen LogP contribution in [0.15, 0.2) is 97.6 Å². The Hall–Kier alpha value is -5.76. The van der Waals surface area contributed by atoms with Gasteiger partial charge in [-0.15, -0.1) is 0 Å². The summed E-state index contributed by atoms with van der Waals surface area (Å²) in [6.07, 6.45) is 22.3. The molecule has 0 aliphatic heterocycles. The second kappa shape index (κ2) is 16.1. The Bertz CT molecular complexity index is 2600. The van der Waals surface area contributed by atoms with Gasteiger partial charge in [-0.05, 0) is 61.4 Å². The Morgan fingerprint density at radius 1 is 0.375 bits per heavy atom. The van der Waals surface area contributed by atoms with Crippen LogP contribution in [0.5, 0.6) is 0 Å². The highest BCUT2D eigenvalue weighted by atomic mass is 15.1. The molecule has 0 radical (unpaired) electrons. The third kappa shape index (κ3) is 6.55. The van der Waals surface area contributed by atoms with Crippen molar-refractivity contribution in [3.63, 3.8) is 0 Å². The van der Waals surface area contributed by atoms with Crippen molar-refractivity contribution in [2.24, 2.45) is 0 Å². The minimum atomic E-state index is 0.895. The van der Waals surface area contributed by atoms with Crippen LogP contribution in [-0.2, 0) is 13.1 Å². The molecule has 0 atom stereocenters. The molecule has 6 heterocycles. The van der Waals surface area contributed by atoms with E-state index >= 15 is 0 Å². The molecule has 0 bridgehead atoms. The lowest BCUT2D eigenvalue weighted by Gasteiger charge is -2.13. The number of rotatable bonds is 16. The molecule has 0 amide bonds. The molecule has 9 rings (SSSR count). The third-order valence-electron chi connectivity index (χ3n) is 11.5. The van der Waals surface area contributed by atoms with Crippen LogP contribution in [0.25, 0.3) is 88.5 Å². The van der Waals surface area contributed by atoms with Crippen LogP contribution in [0.1, 0.15) is 90.9 Å². The van der Waals surface area contributed by atoms with Crippen molar-refractivity contribution in [2.75, 3.05) is 0 Å². The number of pyridine rings is 4. The molecule has 56 heavy (non-hydrogen) atoms. The first kappa shape index (κ1) is 35.9.